The molecule has 0 unspecified atom stereocenters. The molecule has 7 nitrogen and oxygen atoms in total. The molecule has 2 aliphatic heterocycles. The van der Waals surface area contributed by atoms with Crippen molar-refractivity contribution in [3.63, 3.8) is 0 Å². The highest BCUT2D eigenvalue weighted by Gasteiger charge is 2.27. The fourth-order valence-electron chi connectivity index (χ4n) is 3.22. The van der Waals surface area contributed by atoms with Crippen LogP contribution in [-0.2, 0) is 14.3 Å². The third kappa shape index (κ3) is 5.11. The minimum atomic E-state index is -0.0942. The summed E-state index contributed by atoms with van der Waals surface area (Å²) < 4.78 is 5.11. The number of hydrogen-bond donors (Lipinski definition) is 1. The molecule has 0 bridgehead atoms. The summed E-state index contributed by atoms with van der Waals surface area (Å²) in [4.78, 5) is 32.5. The first-order valence-electron chi connectivity index (χ1n) is 9.13. The zero-order valence-corrected chi connectivity index (χ0v) is 14.9. The summed E-state index contributed by atoms with van der Waals surface area (Å²) in [6, 6.07) is 0. The average Bonchev–Trinajstić information content (AvgIpc) is 3.13. The van der Waals surface area contributed by atoms with Gasteiger partial charge in [-0.1, -0.05) is 0 Å². The van der Waals surface area contributed by atoms with Crippen molar-refractivity contribution in [2.45, 2.75) is 39.5 Å². The van der Waals surface area contributed by atoms with Crippen molar-refractivity contribution < 1.29 is 14.3 Å². The Morgan fingerprint density at radius 3 is 2.33 bits per heavy atom. The maximum atomic E-state index is 12.2. The molecule has 0 aliphatic carbocycles. The summed E-state index contributed by atoms with van der Waals surface area (Å²) in [5.41, 5.74) is 0. The minimum Gasteiger partial charge on any atom is -0.466 e. The SMILES string of the molecule is CCNC(=NCC(=O)N1CCCC1)N1CCC(C(=O)OCC)CC1. The van der Waals surface area contributed by atoms with Crippen LogP contribution in [0, 0.1) is 5.92 Å². The molecule has 0 aromatic heterocycles. The molecule has 2 fully saturated rings. The van der Waals surface area contributed by atoms with Crippen molar-refractivity contribution in [2.75, 3.05) is 45.9 Å². The van der Waals surface area contributed by atoms with Gasteiger partial charge in [0.25, 0.3) is 0 Å². The summed E-state index contributed by atoms with van der Waals surface area (Å²) in [6.07, 6.45) is 3.72. The molecule has 1 N–H and O–H groups in total. The largest absolute Gasteiger partial charge is 0.466 e. The van der Waals surface area contributed by atoms with E-state index in [0.717, 1.165) is 64.4 Å². The van der Waals surface area contributed by atoms with Gasteiger partial charge in [-0.05, 0) is 39.5 Å². The van der Waals surface area contributed by atoms with Crippen LogP contribution in [0.5, 0.6) is 0 Å². The summed E-state index contributed by atoms with van der Waals surface area (Å²) in [5, 5.41) is 3.26. The van der Waals surface area contributed by atoms with E-state index in [0.29, 0.717) is 6.61 Å². The number of esters is 1. The fraction of sp³-hybridized carbons (Fsp3) is 0.824. The topological polar surface area (TPSA) is 74.2 Å². The van der Waals surface area contributed by atoms with Crippen molar-refractivity contribution in [1.29, 1.82) is 0 Å². The highest BCUT2D eigenvalue weighted by molar-refractivity contribution is 5.85. The first kappa shape index (κ1) is 18.5. The molecule has 24 heavy (non-hydrogen) atoms. The summed E-state index contributed by atoms with van der Waals surface area (Å²) >= 11 is 0. The van der Waals surface area contributed by atoms with Gasteiger partial charge in [0.15, 0.2) is 5.96 Å². The smallest absolute Gasteiger partial charge is 0.309 e. The number of amides is 1. The van der Waals surface area contributed by atoms with Crippen molar-refractivity contribution in [1.82, 2.24) is 15.1 Å². The van der Waals surface area contributed by atoms with Gasteiger partial charge in [0, 0.05) is 32.7 Å². The number of carbonyl (C=O) groups is 2. The Balaban J connectivity index is 1.87. The number of hydrogen-bond acceptors (Lipinski definition) is 4. The second-order valence-electron chi connectivity index (χ2n) is 6.27. The number of guanidine groups is 1. The molecule has 0 spiro atoms. The van der Waals surface area contributed by atoms with Gasteiger partial charge in [0.05, 0.1) is 12.5 Å². The van der Waals surface area contributed by atoms with Crippen LogP contribution < -0.4 is 5.32 Å². The third-order valence-corrected chi connectivity index (χ3v) is 4.57. The summed E-state index contributed by atoms with van der Waals surface area (Å²) in [5.74, 6) is 0.760. The monoisotopic (exact) mass is 338 g/mol. The molecule has 7 heteroatoms. The Hall–Kier alpha value is -1.79. The predicted molar refractivity (Wildman–Crippen MR) is 92.7 cm³/mol. The maximum absolute atomic E-state index is 12.2. The van der Waals surface area contributed by atoms with Crippen molar-refractivity contribution in [3.8, 4) is 0 Å². The van der Waals surface area contributed by atoms with Crippen LogP contribution in [-0.4, -0.2) is 73.5 Å². The third-order valence-electron chi connectivity index (χ3n) is 4.57. The van der Waals surface area contributed by atoms with Gasteiger partial charge in [-0.15, -0.1) is 0 Å². The summed E-state index contributed by atoms with van der Waals surface area (Å²) in [6.45, 7) is 8.46. The number of ether oxygens (including phenoxy) is 1. The number of nitrogens with one attached hydrogen (secondary N) is 1. The van der Waals surface area contributed by atoms with Crippen LogP contribution in [0.25, 0.3) is 0 Å². The number of likely N-dealkylation sites (tertiary alicyclic amines) is 2. The predicted octanol–water partition coefficient (Wildman–Crippen LogP) is 0.849. The normalized spacial score (nSPS) is 19.5. The molecule has 0 aromatic carbocycles. The highest BCUT2D eigenvalue weighted by atomic mass is 16.5. The van der Waals surface area contributed by atoms with E-state index in [4.69, 9.17) is 4.74 Å². The Kier molecular flexibility index (Phi) is 7.34. The second-order valence-corrected chi connectivity index (χ2v) is 6.27. The quantitative estimate of drug-likeness (QED) is 0.457. The van der Waals surface area contributed by atoms with E-state index in [1.54, 1.807) is 0 Å². The number of carbonyl (C=O) groups excluding carboxylic acids is 2. The molecule has 1 amide bonds. The van der Waals surface area contributed by atoms with E-state index >= 15 is 0 Å². The minimum absolute atomic E-state index is 0.0182. The van der Waals surface area contributed by atoms with Gasteiger partial charge in [-0.3, -0.25) is 9.59 Å². The maximum Gasteiger partial charge on any atom is 0.309 e. The first-order valence-corrected chi connectivity index (χ1v) is 9.13. The molecule has 0 atom stereocenters. The van der Waals surface area contributed by atoms with E-state index < -0.39 is 0 Å². The highest BCUT2D eigenvalue weighted by Crippen LogP contribution is 2.18. The van der Waals surface area contributed by atoms with Crippen molar-refractivity contribution >= 4 is 17.8 Å². The molecule has 2 heterocycles. The Labute approximate surface area is 144 Å². The van der Waals surface area contributed by atoms with E-state index in [1.165, 1.54) is 0 Å². The van der Waals surface area contributed by atoms with E-state index in [1.807, 2.05) is 18.7 Å². The lowest BCUT2D eigenvalue weighted by Gasteiger charge is -2.33. The van der Waals surface area contributed by atoms with Gasteiger partial charge >= 0.3 is 5.97 Å². The summed E-state index contributed by atoms with van der Waals surface area (Å²) in [7, 11) is 0. The molecule has 0 radical (unpaired) electrons. The van der Waals surface area contributed by atoms with Crippen LogP contribution >= 0.6 is 0 Å². The van der Waals surface area contributed by atoms with Crippen LogP contribution in [0.15, 0.2) is 4.99 Å². The van der Waals surface area contributed by atoms with Crippen LogP contribution in [0.2, 0.25) is 0 Å². The Bertz CT molecular complexity index is 453. The van der Waals surface area contributed by atoms with E-state index in [9.17, 15) is 9.59 Å². The van der Waals surface area contributed by atoms with Gasteiger partial charge in [0.1, 0.15) is 6.54 Å². The lowest BCUT2D eigenvalue weighted by molar-refractivity contribution is -0.149. The number of aliphatic imine (C=N–C) groups is 1. The number of nitrogens with zero attached hydrogens (tertiary/aromatic N) is 3. The molecule has 136 valence electrons. The zero-order chi connectivity index (χ0) is 17.4. The van der Waals surface area contributed by atoms with Gasteiger partial charge in [-0.2, -0.15) is 0 Å². The first-order chi connectivity index (χ1) is 11.7. The van der Waals surface area contributed by atoms with Crippen molar-refractivity contribution in [2.24, 2.45) is 10.9 Å². The van der Waals surface area contributed by atoms with Gasteiger partial charge in [-0.25, -0.2) is 4.99 Å². The number of rotatable bonds is 5. The molecule has 0 saturated carbocycles. The molecule has 0 aromatic rings. The van der Waals surface area contributed by atoms with E-state index in [-0.39, 0.29) is 24.3 Å². The fourth-order valence-corrected chi connectivity index (χ4v) is 3.22. The zero-order valence-electron chi connectivity index (χ0n) is 14.9. The van der Waals surface area contributed by atoms with E-state index in [2.05, 4.69) is 15.2 Å². The molecular weight excluding hydrogens is 308 g/mol. The molecule has 2 saturated heterocycles. The average molecular weight is 338 g/mol. The van der Waals surface area contributed by atoms with Crippen LogP contribution in [0.1, 0.15) is 39.5 Å². The Morgan fingerprint density at radius 1 is 1.08 bits per heavy atom. The second kappa shape index (κ2) is 9.49. The van der Waals surface area contributed by atoms with Crippen LogP contribution in [0.4, 0.5) is 0 Å². The molecule has 2 rings (SSSR count). The lowest BCUT2D eigenvalue weighted by atomic mass is 9.97. The standard InChI is InChI=1S/C17H30N4O3/c1-3-18-17(19-13-15(22)20-9-5-6-10-20)21-11-7-14(8-12-21)16(23)24-4-2/h14H,3-13H2,1-2H3,(H,18,19). The number of piperidine rings is 1. The van der Waals surface area contributed by atoms with Gasteiger partial charge in [0.2, 0.25) is 5.91 Å². The molecular formula is C17H30N4O3. The van der Waals surface area contributed by atoms with Crippen LogP contribution in [0.3, 0.4) is 0 Å². The molecule has 2 aliphatic rings. The van der Waals surface area contributed by atoms with Gasteiger partial charge < -0.3 is 19.9 Å². The van der Waals surface area contributed by atoms with Crippen molar-refractivity contribution in [3.05, 3.63) is 0 Å². The lowest BCUT2D eigenvalue weighted by Crippen LogP contribution is -2.47. The Morgan fingerprint density at radius 2 is 1.75 bits per heavy atom.